The molecule has 1 aromatic rings. The van der Waals surface area contributed by atoms with Gasteiger partial charge in [-0.15, -0.1) is 0 Å². The summed E-state index contributed by atoms with van der Waals surface area (Å²) in [6, 6.07) is 5.37. The molecule has 0 fully saturated rings. The molecule has 90 valence electrons. The third-order valence-electron chi connectivity index (χ3n) is 2.16. The molecule has 0 heterocycles. The lowest BCUT2D eigenvalue weighted by Crippen LogP contribution is -2.11. The molecule has 0 aromatic heterocycles. The van der Waals surface area contributed by atoms with Crippen LogP contribution in [0.25, 0.3) is 0 Å². The fourth-order valence-electron chi connectivity index (χ4n) is 1.36. The minimum Gasteiger partial charge on any atom is -0.384 e. The van der Waals surface area contributed by atoms with Gasteiger partial charge < -0.3 is 5.32 Å². The van der Waals surface area contributed by atoms with Crippen LogP contribution in [0, 0.1) is 6.92 Å². The van der Waals surface area contributed by atoms with Crippen molar-refractivity contribution >= 4 is 17.3 Å². The van der Waals surface area contributed by atoms with Crippen LogP contribution in [0.5, 0.6) is 0 Å². The van der Waals surface area contributed by atoms with E-state index in [-0.39, 0.29) is 13.0 Å². The van der Waals surface area contributed by atoms with Gasteiger partial charge in [-0.2, -0.15) is 13.2 Å². The number of hydrogen-bond acceptors (Lipinski definition) is 1. The number of anilines is 1. The van der Waals surface area contributed by atoms with Crippen LogP contribution in [0.15, 0.2) is 18.2 Å². The fraction of sp³-hybridized carbons (Fsp3) is 0.455. The van der Waals surface area contributed by atoms with Crippen molar-refractivity contribution in [3.63, 3.8) is 0 Å². The minimum atomic E-state index is -4.09. The summed E-state index contributed by atoms with van der Waals surface area (Å²) >= 11 is 5.91. The highest BCUT2D eigenvalue weighted by Gasteiger charge is 2.25. The van der Waals surface area contributed by atoms with Crippen LogP contribution in [-0.2, 0) is 0 Å². The molecule has 0 aliphatic carbocycles. The van der Waals surface area contributed by atoms with Crippen molar-refractivity contribution in [1.82, 2.24) is 0 Å². The normalized spacial score (nSPS) is 11.6. The Hall–Kier alpha value is -0.900. The second kappa shape index (κ2) is 5.43. The highest BCUT2D eigenvalue weighted by Crippen LogP contribution is 2.26. The Kier molecular flexibility index (Phi) is 4.47. The minimum absolute atomic E-state index is 0.0498. The number of benzene rings is 1. The molecule has 0 spiro atoms. The van der Waals surface area contributed by atoms with Gasteiger partial charge in [0.1, 0.15) is 0 Å². The number of rotatable bonds is 4. The maximum Gasteiger partial charge on any atom is 0.389 e. The van der Waals surface area contributed by atoms with E-state index >= 15 is 0 Å². The second-order valence-electron chi connectivity index (χ2n) is 3.58. The van der Waals surface area contributed by atoms with Crippen LogP contribution in [0.2, 0.25) is 5.02 Å². The lowest BCUT2D eigenvalue weighted by molar-refractivity contribution is -0.134. The summed E-state index contributed by atoms with van der Waals surface area (Å²) in [5.41, 5.74) is 1.64. The third kappa shape index (κ3) is 4.31. The lowest BCUT2D eigenvalue weighted by Gasteiger charge is -2.12. The largest absolute Gasteiger partial charge is 0.389 e. The van der Waals surface area contributed by atoms with Crippen LogP contribution < -0.4 is 5.32 Å². The number of hydrogen-bond donors (Lipinski definition) is 1. The molecule has 0 atom stereocenters. The van der Waals surface area contributed by atoms with E-state index in [4.69, 9.17) is 11.6 Å². The molecule has 1 rings (SSSR count). The number of para-hydroxylation sites is 1. The second-order valence-corrected chi connectivity index (χ2v) is 3.98. The molecule has 0 saturated heterocycles. The molecule has 0 radical (unpaired) electrons. The Morgan fingerprint density at radius 3 is 2.56 bits per heavy atom. The van der Waals surface area contributed by atoms with Gasteiger partial charge in [0.2, 0.25) is 0 Å². The van der Waals surface area contributed by atoms with Crippen LogP contribution in [-0.4, -0.2) is 12.7 Å². The van der Waals surface area contributed by atoms with E-state index in [2.05, 4.69) is 5.32 Å². The Morgan fingerprint density at radius 1 is 1.31 bits per heavy atom. The van der Waals surface area contributed by atoms with Gasteiger partial charge in [0.25, 0.3) is 0 Å². The summed E-state index contributed by atoms with van der Waals surface area (Å²) in [6.07, 6.45) is -4.81. The van der Waals surface area contributed by atoms with Crippen LogP contribution in [0.3, 0.4) is 0 Å². The Morgan fingerprint density at radius 2 is 2.00 bits per heavy atom. The maximum atomic E-state index is 11.9. The van der Waals surface area contributed by atoms with Gasteiger partial charge in [-0.25, -0.2) is 0 Å². The summed E-state index contributed by atoms with van der Waals surface area (Å²) in [5.74, 6) is 0. The van der Waals surface area contributed by atoms with Gasteiger partial charge in [-0.3, -0.25) is 0 Å². The topological polar surface area (TPSA) is 12.0 Å². The third-order valence-corrected chi connectivity index (χ3v) is 2.48. The molecule has 0 aliphatic rings. The average molecular weight is 252 g/mol. The predicted octanol–water partition coefficient (Wildman–Crippen LogP) is 4.40. The van der Waals surface area contributed by atoms with Crippen molar-refractivity contribution in [2.24, 2.45) is 0 Å². The summed E-state index contributed by atoms with van der Waals surface area (Å²) in [7, 11) is 0. The SMILES string of the molecule is Cc1cccc(Cl)c1NCCCC(F)(F)F. The van der Waals surface area contributed by atoms with Gasteiger partial charge in [0, 0.05) is 13.0 Å². The van der Waals surface area contributed by atoms with Gasteiger partial charge >= 0.3 is 6.18 Å². The van der Waals surface area contributed by atoms with E-state index < -0.39 is 12.6 Å². The summed E-state index contributed by atoms with van der Waals surface area (Å²) in [4.78, 5) is 0. The van der Waals surface area contributed by atoms with E-state index in [1.807, 2.05) is 13.0 Å². The highest BCUT2D eigenvalue weighted by atomic mass is 35.5. The Bertz CT molecular complexity index is 329. The van der Waals surface area contributed by atoms with Crippen molar-refractivity contribution in [3.8, 4) is 0 Å². The highest BCUT2D eigenvalue weighted by molar-refractivity contribution is 6.33. The fourth-order valence-corrected chi connectivity index (χ4v) is 1.65. The van der Waals surface area contributed by atoms with Crippen molar-refractivity contribution in [2.45, 2.75) is 25.9 Å². The van der Waals surface area contributed by atoms with Crippen LogP contribution >= 0.6 is 11.6 Å². The van der Waals surface area contributed by atoms with Gasteiger partial charge in [0.15, 0.2) is 0 Å². The number of aryl methyl sites for hydroxylation is 1. The van der Waals surface area contributed by atoms with E-state index in [0.29, 0.717) is 10.7 Å². The van der Waals surface area contributed by atoms with Gasteiger partial charge in [0.05, 0.1) is 10.7 Å². The van der Waals surface area contributed by atoms with E-state index in [9.17, 15) is 13.2 Å². The van der Waals surface area contributed by atoms with Crippen molar-refractivity contribution in [2.75, 3.05) is 11.9 Å². The zero-order chi connectivity index (χ0) is 12.2. The number of nitrogens with one attached hydrogen (secondary N) is 1. The first-order valence-electron chi connectivity index (χ1n) is 4.96. The van der Waals surface area contributed by atoms with Crippen molar-refractivity contribution in [1.29, 1.82) is 0 Å². The number of halogens is 4. The molecule has 0 amide bonds. The summed E-state index contributed by atoms with van der Waals surface area (Å²) in [6.45, 7) is 2.13. The Labute approximate surface area is 97.6 Å². The van der Waals surface area contributed by atoms with Crippen LogP contribution in [0.4, 0.5) is 18.9 Å². The zero-order valence-corrected chi connectivity index (χ0v) is 9.62. The summed E-state index contributed by atoms with van der Waals surface area (Å²) in [5, 5.41) is 3.46. The van der Waals surface area contributed by atoms with Crippen molar-refractivity contribution < 1.29 is 13.2 Å². The first-order valence-corrected chi connectivity index (χ1v) is 5.34. The molecule has 0 bridgehead atoms. The smallest absolute Gasteiger partial charge is 0.384 e. The quantitative estimate of drug-likeness (QED) is 0.782. The molecule has 1 aromatic carbocycles. The molecular formula is C11H13ClF3N. The van der Waals surface area contributed by atoms with Gasteiger partial charge in [-0.05, 0) is 25.0 Å². The zero-order valence-electron chi connectivity index (χ0n) is 8.87. The molecule has 0 aliphatic heterocycles. The molecule has 1 N–H and O–H groups in total. The van der Waals surface area contributed by atoms with Crippen LogP contribution in [0.1, 0.15) is 18.4 Å². The first kappa shape index (κ1) is 13.2. The lowest BCUT2D eigenvalue weighted by atomic mass is 10.2. The first-order chi connectivity index (χ1) is 7.40. The van der Waals surface area contributed by atoms with E-state index in [1.165, 1.54) is 0 Å². The molecular weight excluding hydrogens is 239 g/mol. The number of alkyl halides is 3. The van der Waals surface area contributed by atoms with E-state index in [1.54, 1.807) is 12.1 Å². The Balaban J connectivity index is 2.43. The molecule has 16 heavy (non-hydrogen) atoms. The standard InChI is InChI=1S/C11H13ClF3N/c1-8-4-2-5-9(12)10(8)16-7-3-6-11(13,14)15/h2,4-5,16H,3,6-7H2,1H3. The summed E-state index contributed by atoms with van der Waals surface area (Å²) < 4.78 is 35.7. The molecule has 0 unspecified atom stereocenters. The van der Waals surface area contributed by atoms with Crippen molar-refractivity contribution in [3.05, 3.63) is 28.8 Å². The van der Waals surface area contributed by atoms with E-state index in [0.717, 1.165) is 5.56 Å². The molecule has 1 nitrogen and oxygen atoms in total. The monoisotopic (exact) mass is 251 g/mol. The average Bonchev–Trinajstić information content (AvgIpc) is 2.14. The molecule has 5 heteroatoms. The predicted molar refractivity (Wildman–Crippen MR) is 60.0 cm³/mol. The molecule has 0 saturated carbocycles. The maximum absolute atomic E-state index is 11.9. The van der Waals surface area contributed by atoms with Gasteiger partial charge in [-0.1, -0.05) is 23.7 Å².